The molecule has 3 heterocycles. The van der Waals surface area contributed by atoms with Gasteiger partial charge < -0.3 is 25.0 Å². The van der Waals surface area contributed by atoms with Crippen LogP contribution in [0.25, 0.3) is 22.3 Å². The molecule has 3 N–H and O–H groups in total. The predicted molar refractivity (Wildman–Crippen MR) is 120 cm³/mol. The zero-order valence-electron chi connectivity index (χ0n) is 18.0. The molecule has 0 aliphatic carbocycles. The second-order valence-corrected chi connectivity index (χ2v) is 8.14. The van der Waals surface area contributed by atoms with Crippen molar-refractivity contribution in [3.05, 3.63) is 46.8 Å². The number of carbonyl (C=O) groups is 1. The van der Waals surface area contributed by atoms with E-state index >= 15 is 0 Å². The van der Waals surface area contributed by atoms with E-state index in [9.17, 15) is 4.79 Å². The quantitative estimate of drug-likeness (QED) is 0.293. The standard InChI is InChI=1S/C23H29N5O2/c1-14-5-6-20-17(11-14)15(2)22(30-20)18-12-28(16-7-9-27(4)10-8-16)19(13-29)21(18)23(24)26-25-3/h5-6,11-13,16,25H,7-10H2,1-4H3,(H2,24,26). The Morgan fingerprint density at radius 1 is 1.30 bits per heavy atom. The number of likely N-dealkylation sites (tertiary alicyclic amines) is 1. The summed E-state index contributed by atoms with van der Waals surface area (Å²) in [5.74, 6) is 1.01. The van der Waals surface area contributed by atoms with Gasteiger partial charge in [-0.15, -0.1) is 0 Å². The Bertz CT molecular complexity index is 1120. The minimum absolute atomic E-state index is 0.239. The Balaban J connectivity index is 1.94. The fraction of sp³-hybridized carbons (Fsp3) is 0.391. The molecule has 1 aliphatic heterocycles. The molecule has 1 aromatic carbocycles. The second kappa shape index (κ2) is 7.99. The van der Waals surface area contributed by atoms with Crippen molar-refractivity contribution in [3.8, 4) is 11.3 Å². The number of aldehydes is 1. The number of amidine groups is 1. The lowest BCUT2D eigenvalue weighted by molar-refractivity contribution is 0.111. The Labute approximate surface area is 176 Å². The highest BCUT2D eigenvalue weighted by atomic mass is 16.3. The molecule has 2 aromatic heterocycles. The summed E-state index contributed by atoms with van der Waals surface area (Å²) in [7, 11) is 3.82. The van der Waals surface area contributed by atoms with Crippen molar-refractivity contribution in [2.45, 2.75) is 32.7 Å². The van der Waals surface area contributed by atoms with Crippen LogP contribution in [0.1, 0.15) is 46.1 Å². The first kappa shape index (κ1) is 20.2. The third-order valence-corrected chi connectivity index (χ3v) is 6.09. The predicted octanol–water partition coefficient (Wildman–Crippen LogP) is 3.44. The van der Waals surface area contributed by atoms with Gasteiger partial charge in [0.25, 0.3) is 0 Å². The number of aryl methyl sites for hydroxylation is 2. The van der Waals surface area contributed by atoms with E-state index in [1.54, 1.807) is 7.05 Å². The number of nitrogens with one attached hydrogen (secondary N) is 1. The lowest BCUT2D eigenvalue weighted by atomic mass is 10.0. The number of furan rings is 1. The van der Waals surface area contributed by atoms with Crippen LogP contribution in [-0.4, -0.2) is 48.8 Å². The van der Waals surface area contributed by atoms with Crippen molar-refractivity contribution in [1.82, 2.24) is 14.9 Å². The minimum Gasteiger partial charge on any atom is -0.456 e. The van der Waals surface area contributed by atoms with E-state index in [0.717, 1.165) is 60.1 Å². The first-order valence-corrected chi connectivity index (χ1v) is 10.3. The molecule has 0 saturated carbocycles. The van der Waals surface area contributed by atoms with Gasteiger partial charge in [0.2, 0.25) is 0 Å². The number of aromatic nitrogens is 1. The van der Waals surface area contributed by atoms with E-state index in [1.165, 1.54) is 5.56 Å². The van der Waals surface area contributed by atoms with Crippen LogP contribution in [0.3, 0.4) is 0 Å². The molecule has 0 amide bonds. The fourth-order valence-electron chi connectivity index (χ4n) is 4.44. The zero-order chi connectivity index (χ0) is 21.4. The largest absolute Gasteiger partial charge is 0.456 e. The molecule has 1 saturated heterocycles. The molecular formula is C23H29N5O2. The number of carbonyl (C=O) groups excluding carboxylic acids is 1. The van der Waals surface area contributed by atoms with Crippen LogP contribution < -0.4 is 11.2 Å². The zero-order valence-corrected chi connectivity index (χ0v) is 18.0. The highest BCUT2D eigenvalue weighted by Crippen LogP contribution is 2.38. The molecule has 1 aliphatic rings. The van der Waals surface area contributed by atoms with Gasteiger partial charge in [0.15, 0.2) is 12.1 Å². The number of hydrazone groups is 1. The van der Waals surface area contributed by atoms with Gasteiger partial charge in [0.05, 0.1) is 11.3 Å². The summed E-state index contributed by atoms with van der Waals surface area (Å²) < 4.78 is 8.33. The summed E-state index contributed by atoms with van der Waals surface area (Å²) in [6.45, 7) is 6.10. The molecule has 3 aromatic rings. The van der Waals surface area contributed by atoms with Gasteiger partial charge in [-0.25, -0.2) is 0 Å². The highest BCUT2D eigenvalue weighted by Gasteiger charge is 2.28. The van der Waals surface area contributed by atoms with E-state index in [1.807, 2.05) is 25.3 Å². The molecule has 7 nitrogen and oxygen atoms in total. The molecule has 0 radical (unpaired) electrons. The first-order chi connectivity index (χ1) is 14.4. The van der Waals surface area contributed by atoms with Gasteiger partial charge in [-0.3, -0.25) is 4.79 Å². The Morgan fingerprint density at radius 2 is 2.03 bits per heavy atom. The summed E-state index contributed by atoms with van der Waals surface area (Å²) in [5.41, 5.74) is 14.1. The maximum Gasteiger partial charge on any atom is 0.167 e. The van der Waals surface area contributed by atoms with Crippen LogP contribution in [0.2, 0.25) is 0 Å². The number of benzene rings is 1. The van der Waals surface area contributed by atoms with Gasteiger partial charge in [0, 0.05) is 35.8 Å². The van der Waals surface area contributed by atoms with E-state index in [-0.39, 0.29) is 11.9 Å². The summed E-state index contributed by atoms with van der Waals surface area (Å²) >= 11 is 0. The SMILES string of the molecule is CN/N=C(/N)c1c(-c2oc3ccc(C)cc3c2C)cn(C2CCN(C)CC2)c1C=O. The molecule has 7 heteroatoms. The van der Waals surface area contributed by atoms with E-state index in [2.05, 4.69) is 40.0 Å². The average Bonchev–Trinajstić information content (AvgIpc) is 3.27. The van der Waals surface area contributed by atoms with Crippen LogP contribution in [0, 0.1) is 13.8 Å². The topological polar surface area (TPSA) is 88.8 Å². The molecule has 0 bridgehead atoms. The second-order valence-electron chi connectivity index (χ2n) is 8.14. The van der Waals surface area contributed by atoms with Crippen molar-refractivity contribution in [1.29, 1.82) is 0 Å². The summed E-state index contributed by atoms with van der Waals surface area (Å²) in [6.07, 6.45) is 4.86. The van der Waals surface area contributed by atoms with Crippen molar-refractivity contribution in [2.24, 2.45) is 10.8 Å². The number of nitrogens with zero attached hydrogens (tertiary/aromatic N) is 3. The molecule has 1 fully saturated rings. The summed E-state index contributed by atoms with van der Waals surface area (Å²) in [5, 5.41) is 5.25. The van der Waals surface area contributed by atoms with Gasteiger partial charge in [-0.1, -0.05) is 11.6 Å². The molecular weight excluding hydrogens is 378 g/mol. The molecule has 4 rings (SSSR count). The molecule has 158 valence electrons. The summed E-state index contributed by atoms with van der Waals surface area (Å²) in [6, 6.07) is 6.38. The van der Waals surface area contributed by atoms with Crippen LogP contribution in [0.15, 0.2) is 33.9 Å². The maximum absolute atomic E-state index is 12.2. The number of rotatable bonds is 5. The van der Waals surface area contributed by atoms with Crippen LogP contribution in [0.5, 0.6) is 0 Å². The maximum atomic E-state index is 12.2. The molecule has 0 spiro atoms. The van der Waals surface area contributed by atoms with Gasteiger partial charge in [0.1, 0.15) is 11.3 Å². The van der Waals surface area contributed by atoms with Crippen molar-refractivity contribution in [2.75, 3.05) is 27.2 Å². The molecule has 30 heavy (non-hydrogen) atoms. The average molecular weight is 408 g/mol. The Morgan fingerprint density at radius 3 is 2.70 bits per heavy atom. The van der Waals surface area contributed by atoms with Gasteiger partial charge >= 0.3 is 0 Å². The fourth-order valence-corrected chi connectivity index (χ4v) is 4.44. The Kier molecular flexibility index (Phi) is 5.39. The molecule has 0 atom stereocenters. The lowest BCUT2D eigenvalue weighted by Crippen LogP contribution is -2.32. The number of hydrogen-bond donors (Lipinski definition) is 2. The molecule has 0 unspecified atom stereocenters. The number of hydrogen-bond acceptors (Lipinski definition) is 5. The minimum atomic E-state index is 0.239. The van der Waals surface area contributed by atoms with Crippen LogP contribution in [0.4, 0.5) is 0 Å². The lowest BCUT2D eigenvalue weighted by Gasteiger charge is -2.30. The van der Waals surface area contributed by atoms with Crippen LogP contribution in [-0.2, 0) is 0 Å². The van der Waals surface area contributed by atoms with Crippen molar-refractivity contribution < 1.29 is 9.21 Å². The van der Waals surface area contributed by atoms with E-state index in [4.69, 9.17) is 10.2 Å². The van der Waals surface area contributed by atoms with Gasteiger partial charge in [-0.2, -0.15) is 5.10 Å². The number of piperidine rings is 1. The smallest absolute Gasteiger partial charge is 0.167 e. The number of nitrogens with two attached hydrogens (primary N) is 1. The van der Waals surface area contributed by atoms with Crippen molar-refractivity contribution >= 4 is 23.1 Å². The third kappa shape index (κ3) is 3.39. The monoisotopic (exact) mass is 407 g/mol. The van der Waals surface area contributed by atoms with Gasteiger partial charge in [-0.05, 0) is 59.0 Å². The number of fused-ring (bicyclic) bond motifs is 1. The van der Waals surface area contributed by atoms with Crippen LogP contribution >= 0.6 is 0 Å². The van der Waals surface area contributed by atoms with Crippen molar-refractivity contribution in [3.63, 3.8) is 0 Å². The Hall–Kier alpha value is -3.06. The highest BCUT2D eigenvalue weighted by molar-refractivity contribution is 6.09. The normalized spacial score (nSPS) is 16.3. The van der Waals surface area contributed by atoms with E-state index in [0.29, 0.717) is 11.3 Å². The summed E-state index contributed by atoms with van der Waals surface area (Å²) in [4.78, 5) is 14.5. The third-order valence-electron chi connectivity index (χ3n) is 6.09. The van der Waals surface area contributed by atoms with E-state index < -0.39 is 0 Å². The first-order valence-electron chi connectivity index (χ1n) is 10.3.